The molecule has 1 heterocycles. The Balaban J connectivity index is 1.93. The Bertz CT molecular complexity index is 567. The molecule has 0 amide bonds. The maximum atomic E-state index is 9.50. The van der Waals surface area contributed by atoms with Crippen molar-refractivity contribution in [3.63, 3.8) is 0 Å². The molecule has 0 aliphatic heterocycles. The molecule has 90 valence electrons. The normalized spacial score (nSPS) is 17.5. The van der Waals surface area contributed by atoms with Crippen molar-refractivity contribution in [3.8, 4) is 5.75 Å². The lowest BCUT2D eigenvalue weighted by Crippen LogP contribution is -2.21. The van der Waals surface area contributed by atoms with E-state index in [-0.39, 0.29) is 5.54 Å². The molecule has 1 fully saturated rings. The van der Waals surface area contributed by atoms with Gasteiger partial charge in [-0.05, 0) is 43.4 Å². The van der Waals surface area contributed by atoms with E-state index in [1.807, 2.05) is 19.2 Å². The molecule has 0 radical (unpaired) electrons. The van der Waals surface area contributed by atoms with Gasteiger partial charge in [0.25, 0.3) is 0 Å². The molecule has 0 bridgehead atoms. The minimum Gasteiger partial charge on any atom is -0.508 e. The first-order chi connectivity index (χ1) is 8.07. The van der Waals surface area contributed by atoms with Gasteiger partial charge in [0.2, 0.25) is 0 Å². The Morgan fingerprint density at radius 3 is 2.88 bits per heavy atom. The Morgan fingerprint density at radius 2 is 2.18 bits per heavy atom. The van der Waals surface area contributed by atoms with Crippen molar-refractivity contribution in [1.29, 1.82) is 0 Å². The van der Waals surface area contributed by atoms with Gasteiger partial charge >= 0.3 is 0 Å². The van der Waals surface area contributed by atoms with Crippen LogP contribution in [0.3, 0.4) is 0 Å². The summed E-state index contributed by atoms with van der Waals surface area (Å²) in [6, 6.07) is 5.56. The molecule has 17 heavy (non-hydrogen) atoms. The van der Waals surface area contributed by atoms with Crippen molar-refractivity contribution >= 4 is 10.9 Å². The number of hydrogen-bond acceptors (Lipinski definition) is 2. The second-order valence-electron chi connectivity index (χ2n) is 5.33. The molecule has 2 aromatic rings. The fourth-order valence-corrected chi connectivity index (χ4v) is 2.45. The molecule has 1 aliphatic rings. The lowest BCUT2D eigenvalue weighted by molar-refractivity contribution is 0.476. The van der Waals surface area contributed by atoms with Crippen molar-refractivity contribution in [2.24, 2.45) is 12.8 Å². The van der Waals surface area contributed by atoms with Crippen molar-refractivity contribution in [1.82, 2.24) is 4.57 Å². The predicted molar refractivity (Wildman–Crippen MR) is 69.1 cm³/mol. The topological polar surface area (TPSA) is 51.2 Å². The highest BCUT2D eigenvalue weighted by Gasteiger charge is 2.37. The van der Waals surface area contributed by atoms with Crippen LogP contribution < -0.4 is 5.73 Å². The van der Waals surface area contributed by atoms with Crippen LogP contribution in [0.25, 0.3) is 10.9 Å². The minimum atomic E-state index is 0.110. The molecule has 0 atom stereocenters. The van der Waals surface area contributed by atoms with Gasteiger partial charge in [-0.25, -0.2) is 0 Å². The SMILES string of the molecule is Cn1cc(CCC2(N)CC2)c2ccc(O)cc21. The molecule has 3 rings (SSSR count). The number of fused-ring (bicyclic) bond motifs is 1. The standard InChI is InChI=1S/C14H18N2O/c1-16-9-10(4-5-14(15)6-7-14)12-3-2-11(17)8-13(12)16/h2-3,8-9,17H,4-7,15H2,1H3. The summed E-state index contributed by atoms with van der Waals surface area (Å²) in [6.45, 7) is 0. The summed E-state index contributed by atoms with van der Waals surface area (Å²) in [5, 5.41) is 10.7. The first kappa shape index (κ1) is 10.7. The van der Waals surface area contributed by atoms with Gasteiger partial charge in [0.15, 0.2) is 0 Å². The first-order valence-electron chi connectivity index (χ1n) is 6.13. The fraction of sp³-hybridized carbons (Fsp3) is 0.429. The second-order valence-corrected chi connectivity index (χ2v) is 5.33. The van der Waals surface area contributed by atoms with Crippen LogP contribution in [0.2, 0.25) is 0 Å². The maximum absolute atomic E-state index is 9.50. The number of aromatic hydroxyl groups is 1. The monoisotopic (exact) mass is 230 g/mol. The van der Waals surface area contributed by atoms with Crippen LogP contribution in [0.5, 0.6) is 5.75 Å². The van der Waals surface area contributed by atoms with E-state index in [4.69, 9.17) is 5.73 Å². The zero-order valence-corrected chi connectivity index (χ0v) is 10.1. The zero-order valence-electron chi connectivity index (χ0n) is 10.1. The van der Waals surface area contributed by atoms with Crippen molar-refractivity contribution in [2.75, 3.05) is 0 Å². The minimum absolute atomic E-state index is 0.110. The maximum Gasteiger partial charge on any atom is 0.117 e. The average molecular weight is 230 g/mol. The van der Waals surface area contributed by atoms with Gasteiger partial charge in [0, 0.05) is 30.2 Å². The lowest BCUT2D eigenvalue weighted by atomic mass is 10.0. The lowest BCUT2D eigenvalue weighted by Gasteiger charge is -2.06. The van der Waals surface area contributed by atoms with Crippen LogP contribution >= 0.6 is 0 Å². The van der Waals surface area contributed by atoms with E-state index in [1.165, 1.54) is 23.8 Å². The molecule has 0 unspecified atom stereocenters. The summed E-state index contributed by atoms with van der Waals surface area (Å²) in [4.78, 5) is 0. The van der Waals surface area contributed by atoms with E-state index in [0.29, 0.717) is 5.75 Å². The van der Waals surface area contributed by atoms with Crippen molar-refractivity contribution in [2.45, 2.75) is 31.2 Å². The highest BCUT2D eigenvalue weighted by molar-refractivity contribution is 5.85. The van der Waals surface area contributed by atoms with Crippen LogP contribution in [0.1, 0.15) is 24.8 Å². The van der Waals surface area contributed by atoms with Gasteiger partial charge in [-0.3, -0.25) is 0 Å². The fourth-order valence-electron chi connectivity index (χ4n) is 2.45. The number of hydrogen-bond donors (Lipinski definition) is 2. The van der Waals surface area contributed by atoms with Gasteiger partial charge in [-0.15, -0.1) is 0 Å². The predicted octanol–water partition coefficient (Wildman–Crippen LogP) is 2.31. The summed E-state index contributed by atoms with van der Waals surface area (Å²) in [5.74, 6) is 0.322. The van der Waals surface area contributed by atoms with Gasteiger partial charge in [0.05, 0.1) is 5.52 Å². The smallest absolute Gasteiger partial charge is 0.117 e. The number of phenolic OH excluding ortho intramolecular Hbond substituents is 1. The summed E-state index contributed by atoms with van der Waals surface area (Å²) >= 11 is 0. The molecule has 1 aromatic carbocycles. The van der Waals surface area contributed by atoms with E-state index >= 15 is 0 Å². The highest BCUT2D eigenvalue weighted by Crippen LogP contribution is 2.37. The van der Waals surface area contributed by atoms with E-state index in [2.05, 4.69) is 10.8 Å². The van der Waals surface area contributed by atoms with E-state index < -0.39 is 0 Å². The van der Waals surface area contributed by atoms with Gasteiger partial charge in [-0.2, -0.15) is 0 Å². The third kappa shape index (κ3) is 1.91. The third-order valence-corrected chi connectivity index (χ3v) is 3.84. The van der Waals surface area contributed by atoms with Gasteiger partial charge in [0.1, 0.15) is 5.75 Å². The Kier molecular flexibility index (Phi) is 2.20. The molecule has 1 saturated carbocycles. The van der Waals surface area contributed by atoms with Crippen LogP contribution in [0.15, 0.2) is 24.4 Å². The molecular weight excluding hydrogens is 212 g/mol. The number of nitrogens with zero attached hydrogens (tertiary/aromatic N) is 1. The number of phenols is 1. The Hall–Kier alpha value is -1.48. The highest BCUT2D eigenvalue weighted by atomic mass is 16.3. The number of rotatable bonds is 3. The van der Waals surface area contributed by atoms with E-state index in [0.717, 1.165) is 18.4 Å². The summed E-state index contributed by atoms with van der Waals surface area (Å²) in [5.41, 5.74) is 8.65. The molecule has 1 aliphatic carbocycles. The second kappa shape index (κ2) is 3.50. The Labute approximate surface area is 101 Å². The average Bonchev–Trinajstić information content (AvgIpc) is 2.95. The largest absolute Gasteiger partial charge is 0.508 e. The van der Waals surface area contributed by atoms with Gasteiger partial charge in [-0.1, -0.05) is 0 Å². The zero-order chi connectivity index (χ0) is 12.0. The summed E-state index contributed by atoms with van der Waals surface area (Å²) < 4.78 is 2.07. The number of benzene rings is 1. The summed E-state index contributed by atoms with van der Waals surface area (Å²) in [6.07, 6.45) is 6.57. The van der Waals surface area contributed by atoms with E-state index in [1.54, 1.807) is 6.07 Å². The quantitative estimate of drug-likeness (QED) is 0.850. The first-order valence-corrected chi connectivity index (χ1v) is 6.13. The number of aryl methyl sites for hydroxylation is 2. The molecule has 3 heteroatoms. The molecule has 0 saturated heterocycles. The Morgan fingerprint density at radius 1 is 1.41 bits per heavy atom. The molecule has 1 aromatic heterocycles. The number of aromatic nitrogens is 1. The molecule has 3 nitrogen and oxygen atoms in total. The van der Waals surface area contributed by atoms with Crippen molar-refractivity contribution < 1.29 is 5.11 Å². The molecular formula is C14H18N2O. The van der Waals surface area contributed by atoms with Gasteiger partial charge < -0.3 is 15.4 Å². The van der Waals surface area contributed by atoms with Crippen molar-refractivity contribution in [3.05, 3.63) is 30.0 Å². The third-order valence-electron chi connectivity index (χ3n) is 3.84. The molecule has 3 N–H and O–H groups in total. The molecule has 0 spiro atoms. The van der Waals surface area contributed by atoms with E-state index in [9.17, 15) is 5.11 Å². The summed E-state index contributed by atoms with van der Waals surface area (Å²) in [7, 11) is 2.01. The van der Waals surface area contributed by atoms with Crippen LogP contribution in [0.4, 0.5) is 0 Å². The van der Waals surface area contributed by atoms with Crippen LogP contribution in [-0.2, 0) is 13.5 Å². The van der Waals surface area contributed by atoms with Crippen LogP contribution in [0, 0.1) is 0 Å². The van der Waals surface area contributed by atoms with Crippen LogP contribution in [-0.4, -0.2) is 15.2 Å². The number of nitrogens with two attached hydrogens (primary N) is 1.